The lowest BCUT2D eigenvalue weighted by Gasteiger charge is -2.18. The van der Waals surface area contributed by atoms with Crippen LogP contribution in [0, 0.1) is 0 Å². The predicted octanol–water partition coefficient (Wildman–Crippen LogP) is 2.19. The molecule has 2 aliphatic rings. The predicted molar refractivity (Wildman–Crippen MR) is 90.0 cm³/mol. The maximum absolute atomic E-state index is 12.3. The number of anilines is 1. The number of benzene rings is 2. The summed E-state index contributed by atoms with van der Waals surface area (Å²) in [7, 11) is 0. The molecule has 3 amide bonds. The number of fused-ring (bicyclic) bond motifs is 2. The highest BCUT2D eigenvalue weighted by Crippen LogP contribution is 2.28. The first-order valence-corrected chi connectivity index (χ1v) is 8.16. The molecule has 6 nitrogen and oxygen atoms in total. The zero-order valence-corrected chi connectivity index (χ0v) is 13.5. The van der Waals surface area contributed by atoms with Crippen molar-refractivity contribution < 1.29 is 19.2 Å². The lowest BCUT2D eigenvalue weighted by molar-refractivity contribution is -0.124. The van der Waals surface area contributed by atoms with Gasteiger partial charge in [-0.1, -0.05) is 30.3 Å². The van der Waals surface area contributed by atoms with Gasteiger partial charge < -0.3 is 0 Å². The second-order valence-corrected chi connectivity index (χ2v) is 5.99. The van der Waals surface area contributed by atoms with E-state index in [0.29, 0.717) is 24.0 Å². The van der Waals surface area contributed by atoms with E-state index in [0.717, 1.165) is 11.3 Å². The molecule has 0 bridgehead atoms. The van der Waals surface area contributed by atoms with Gasteiger partial charge in [0.25, 0.3) is 17.7 Å². The summed E-state index contributed by atoms with van der Waals surface area (Å²) in [4.78, 5) is 43.4. The van der Waals surface area contributed by atoms with Gasteiger partial charge in [-0.15, -0.1) is 0 Å². The van der Waals surface area contributed by atoms with Gasteiger partial charge in [-0.05, 0) is 30.2 Å². The molecule has 2 aromatic rings. The number of imide groups is 1. The Morgan fingerprint density at radius 3 is 2.24 bits per heavy atom. The third-order valence-electron chi connectivity index (χ3n) is 4.40. The van der Waals surface area contributed by atoms with Crippen molar-refractivity contribution in [1.29, 1.82) is 0 Å². The average Bonchev–Trinajstić information content (AvgIpc) is 3.07. The molecular formula is C19H16N2O4. The smallest absolute Gasteiger partial charge is 0.261 e. The van der Waals surface area contributed by atoms with Crippen LogP contribution in [0.2, 0.25) is 0 Å². The zero-order chi connectivity index (χ0) is 17.4. The minimum Gasteiger partial charge on any atom is -0.274 e. The fourth-order valence-electron chi connectivity index (χ4n) is 3.19. The van der Waals surface area contributed by atoms with Gasteiger partial charge in [0.2, 0.25) is 0 Å². The second-order valence-electron chi connectivity index (χ2n) is 5.99. The van der Waals surface area contributed by atoms with Crippen molar-refractivity contribution in [3.63, 3.8) is 0 Å². The summed E-state index contributed by atoms with van der Waals surface area (Å²) in [5.41, 5.74) is 2.58. The van der Waals surface area contributed by atoms with Crippen molar-refractivity contribution in [2.45, 2.75) is 12.8 Å². The number of para-hydroxylation sites is 1. The molecule has 0 saturated heterocycles. The first-order chi connectivity index (χ1) is 12.2. The molecule has 0 saturated carbocycles. The third-order valence-corrected chi connectivity index (χ3v) is 4.40. The lowest BCUT2D eigenvalue weighted by atomic mass is 10.1. The van der Waals surface area contributed by atoms with Gasteiger partial charge in [-0.25, -0.2) is 0 Å². The number of hydrogen-bond acceptors (Lipinski definition) is 4. The highest BCUT2D eigenvalue weighted by Gasteiger charge is 2.34. The number of carbonyl (C=O) groups excluding carboxylic acids is 3. The number of nitrogens with zero attached hydrogens (tertiary/aromatic N) is 2. The van der Waals surface area contributed by atoms with Crippen LogP contribution in [0.4, 0.5) is 5.69 Å². The van der Waals surface area contributed by atoms with Crippen molar-refractivity contribution in [3.05, 3.63) is 65.2 Å². The standard InChI is InChI=1S/C19H16N2O4/c22-17-12-13-6-1-4-9-16(13)21(17)25-11-5-10-20-18(23)14-7-2-3-8-15(14)19(20)24/h1-4,6-9H,5,10-12H2. The fourth-order valence-corrected chi connectivity index (χ4v) is 3.19. The van der Waals surface area contributed by atoms with E-state index < -0.39 is 0 Å². The molecule has 0 aliphatic carbocycles. The van der Waals surface area contributed by atoms with Gasteiger partial charge in [0.15, 0.2) is 0 Å². The molecule has 0 N–H and O–H groups in total. The SMILES string of the molecule is O=C1c2ccccc2C(=O)N1CCCON1C(=O)Cc2ccccc21. The van der Waals surface area contributed by atoms with Crippen molar-refractivity contribution in [3.8, 4) is 0 Å². The van der Waals surface area contributed by atoms with E-state index in [2.05, 4.69) is 0 Å². The van der Waals surface area contributed by atoms with Crippen molar-refractivity contribution in [1.82, 2.24) is 4.90 Å². The van der Waals surface area contributed by atoms with E-state index in [4.69, 9.17) is 4.84 Å². The highest BCUT2D eigenvalue weighted by atomic mass is 16.7. The molecule has 2 heterocycles. The largest absolute Gasteiger partial charge is 0.274 e. The molecule has 0 fully saturated rings. The number of hydrogen-bond donors (Lipinski definition) is 0. The minimum absolute atomic E-state index is 0.109. The van der Waals surface area contributed by atoms with Crippen LogP contribution < -0.4 is 5.06 Å². The molecule has 2 aromatic carbocycles. The van der Waals surface area contributed by atoms with Gasteiger partial charge in [-0.3, -0.25) is 24.1 Å². The topological polar surface area (TPSA) is 66.9 Å². The minimum atomic E-state index is -0.275. The van der Waals surface area contributed by atoms with E-state index in [1.807, 2.05) is 24.3 Å². The number of rotatable bonds is 5. The molecule has 4 rings (SSSR count). The van der Waals surface area contributed by atoms with Gasteiger partial charge in [0.1, 0.15) is 0 Å². The van der Waals surface area contributed by atoms with Crippen LogP contribution in [0.3, 0.4) is 0 Å². The summed E-state index contributed by atoms with van der Waals surface area (Å²) >= 11 is 0. The molecule has 25 heavy (non-hydrogen) atoms. The Labute approximate surface area is 144 Å². The molecule has 126 valence electrons. The number of amides is 3. The van der Waals surface area contributed by atoms with Gasteiger partial charge >= 0.3 is 0 Å². The van der Waals surface area contributed by atoms with Crippen LogP contribution in [0.1, 0.15) is 32.7 Å². The quantitative estimate of drug-likeness (QED) is 0.620. The van der Waals surface area contributed by atoms with Gasteiger partial charge in [0, 0.05) is 6.54 Å². The molecule has 0 radical (unpaired) electrons. The number of hydroxylamine groups is 1. The first kappa shape index (κ1) is 15.5. The highest BCUT2D eigenvalue weighted by molar-refractivity contribution is 6.21. The monoisotopic (exact) mass is 336 g/mol. The Morgan fingerprint density at radius 1 is 0.880 bits per heavy atom. The van der Waals surface area contributed by atoms with Crippen LogP contribution in [-0.2, 0) is 16.1 Å². The summed E-state index contributed by atoms with van der Waals surface area (Å²) in [6.07, 6.45) is 0.784. The summed E-state index contributed by atoms with van der Waals surface area (Å²) in [6.45, 7) is 0.503. The van der Waals surface area contributed by atoms with Crippen molar-refractivity contribution in [2.24, 2.45) is 0 Å². The number of carbonyl (C=O) groups is 3. The fraction of sp³-hybridized carbons (Fsp3) is 0.211. The molecule has 0 atom stereocenters. The second kappa shape index (κ2) is 6.14. The summed E-state index contributed by atoms with van der Waals surface area (Å²) < 4.78 is 0. The Balaban J connectivity index is 1.35. The summed E-state index contributed by atoms with van der Waals surface area (Å²) in [5, 5.41) is 1.30. The van der Waals surface area contributed by atoms with Crippen LogP contribution in [0.25, 0.3) is 0 Å². The van der Waals surface area contributed by atoms with E-state index in [9.17, 15) is 14.4 Å². The van der Waals surface area contributed by atoms with Crippen LogP contribution >= 0.6 is 0 Å². The molecule has 0 unspecified atom stereocenters. The van der Waals surface area contributed by atoms with Gasteiger partial charge in [0.05, 0.1) is 29.8 Å². The Morgan fingerprint density at radius 2 is 1.52 bits per heavy atom. The van der Waals surface area contributed by atoms with E-state index >= 15 is 0 Å². The third kappa shape index (κ3) is 2.60. The van der Waals surface area contributed by atoms with E-state index in [-0.39, 0.29) is 30.9 Å². The van der Waals surface area contributed by atoms with Crippen LogP contribution in [0.5, 0.6) is 0 Å². The van der Waals surface area contributed by atoms with Crippen molar-refractivity contribution in [2.75, 3.05) is 18.2 Å². The van der Waals surface area contributed by atoms with Crippen LogP contribution in [-0.4, -0.2) is 35.8 Å². The summed E-state index contributed by atoms with van der Waals surface area (Å²) in [5.74, 6) is -0.659. The van der Waals surface area contributed by atoms with Gasteiger partial charge in [-0.2, -0.15) is 5.06 Å². The van der Waals surface area contributed by atoms with E-state index in [1.165, 1.54) is 9.96 Å². The Bertz CT molecular complexity index is 842. The Hall–Kier alpha value is -2.99. The molecule has 0 aromatic heterocycles. The molecule has 2 aliphatic heterocycles. The zero-order valence-electron chi connectivity index (χ0n) is 13.5. The maximum Gasteiger partial charge on any atom is 0.261 e. The van der Waals surface area contributed by atoms with E-state index in [1.54, 1.807) is 24.3 Å². The van der Waals surface area contributed by atoms with Crippen LogP contribution in [0.15, 0.2) is 48.5 Å². The Kier molecular flexibility index (Phi) is 3.82. The lowest BCUT2D eigenvalue weighted by Crippen LogP contribution is -2.33. The van der Waals surface area contributed by atoms with Crippen molar-refractivity contribution >= 4 is 23.4 Å². The normalized spacial score (nSPS) is 15.8. The molecule has 6 heteroatoms. The maximum atomic E-state index is 12.3. The molecular weight excluding hydrogens is 320 g/mol. The first-order valence-electron chi connectivity index (χ1n) is 8.16. The average molecular weight is 336 g/mol. The molecule has 0 spiro atoms. The summed E-state index contributed by atoms with van der Waals surface area (Å²) in [6, 6.07) is 14.3.